The van der Waals surface area contributed by atoms with Gasteiger partial charge in [-0.3, -0.25) is 4.90 Å². The average molecular weight is 232 g/mol. The van der Waals surface area contributed by atoms with Crippen LogP contribution in [0.15, 0.2) is 24.3 Å². The van der Waals surface area contributed by atoms with Crippen molar-refractivity contribution in [3.8, 4) is 0 Å². The Morgan fingerprint density at radius 2 is 1.82 bits per heavy atom. The van der Waals surface area contributed by atoms with Crippen molar-refractivity contribution in [2.24, 2.45) is 11.7 Å². The van der Waals surface area contributed by atoms with Crippen LogP contribution in [0.4, 0.5) is 0 Å². The summed E-state index contributed by atoms with van der Waals surface area (Å²) in [6, 6.07) is 9.24. The average Bonchev–Trinajstić information content (AvgIpc) is 2.33. The minimum Gasteiger partial charge on any atom is -0.328 e. The summed E-state index contributed by atoms with van der Waals surface area (Å²) in [5, 5.41) is 0. The lowest BCUT2D eigenvalue weighted by Gasteiger charge is -2.33. The lowest BCUT2D eigenvalue weighted by molar-refractivity contribution is 0.166. The Kier molecular flexibility index (Phi) is 4.19. The molecule has 0 radical (unpaired) electrons. The summed E-state index contributed by atoms with van der Waals surface area (Å²) in [4.78, 5) is 2.55. The largest absolute Gasteiger partial charge is 0.328 e. The zero-order chi connectivity index (χ0) is 12.3. The molecule has 0 aliphatic carbocycles. The van der Waals surface area contributed by atoms with Gasteiger partial charge in [0.2, 0.25) is 0 Å². The molecule has 0 saturated carbocycles. The maximum absolute atomic E-state index is 5.96. The fourth-order valence-corrected chi connectivity index (χ4v) is 2.59. The fourth-order valence-electron chi connectivity index (χ4n) is 2.59. The highest BCUT2D eigenvalue weighted by molar-refractivity contribution is 5.21. The highest BCUT2D eigenvalue weighted by Crippen LogP contribution is 2.21. The molecule has 1 fully saturated rings. The Morgan fingerprint density at radius 1 is 1.24 bits per heavy atom. The van der Waals surface area contributed by atoms with E-state index >= 15 is 0 Å². The molecular formula is C15H24N2. The summed E-state index contributed by atoms with van der Waals surface area (Å²) in [6.07, 6.45) is 2.51. The Balaban J connectivity index is 1.84. The highest BCUT2D eigenvalue weighted by Gasteiger charge is 2.21. The molecule has 1 aliphatic rings. The monoisotopic (exact) mass is 232 g/mol. The van der Waals surface area contributed by atoms with Gasteiger partial charge < -0.3 is 5.73 Å². The fraction of sp³-hybridized carbons (Fsp3) is 0.600. The molecule has 2 heteroatoms. The van der Waals surface area contributed by atoms with Crippen LogP contribution in [-0.4, -0.2) is 24.0 Å². The van der Waals surface area contributed by atoms with Crippen LogP contribution >= 0.6 is 0 Å². The van der Waals surface area contributed by atoms with E-state index in [4.69, 9.17) is 5.73 Å². The Hall–Kier alpha value is -0.860. The zero-order valence-electron chi connectivity index (χ0n) is 11.0. The first-order valence-electron chi connectivity index (χ1n) is 6.68. The summed E-state index contributed by atoms with van der Waals surface area (Å²) < 4.78 is 0. The van der Waals surface area contributed by atoms with E-state index in [0.717, 1.165) is 12.5 Å². The van der Waals surface area contributed by atoms with E-state index in [2.05, 4.69) is 43.0 Å². The molecule has 17 heavy (non-hydrogen) atoms. The van der Waals surface area contributed by atoms with Gasteiger partial charge in [0, 0.05) is 12.6 Å². The molecule has 2 rings (SSSR count). The lowest BCUT2D eigenvalue weighted by atomic mass is 9.91. The number of hydrogen-bond donors (Lipinski definition) is 1. The lowest BCUT2D eigenvalue weighted by Crippen LogP contribution is -2.39. The van der Waals surface area contributed by atoms with Crippen LogP contribution in [0.3, 0.4) is 0 Å². The van der Waals surface area contributed by atoms with Crippen LogP contribution in [0.25, 0.3) is 0 Å². The minimum absolute atomic E-state index is 0.358. The number of piperidine rings is 1. The number of aryl methyl sites for hydroxylation is 1. The normalized spacial score (nSPS) is 20.4. The van der Waals surface area contributed by atoms with Gasteiger partial charge in [-0.05, 0) is 51.3 Å². The topological polar surface area (TPSA) is 29.3 Å². The van der Waals surface area contributed by atoms with E-state index in [-0.39, 0.29) is 0 Å². The van der Waals surface area contributed by atoms with Crippen molar-refractivity contribution >= 4 is 0 Å². The van der Waals surface area contributed by atoms with E-state index in [1.54, 1.807) is 0 Å². The molecule has 2 nitrogen and oxygen atoms in total. The van der Waals surface area contributed by atoms with E-state index in [1.807, 2.05) is 0 Å². The second kappa shape index (κ2) is 5.65. The van der Waals surface area contributed by atoms with E-state index in [1.165, 1.54) is 37.1 Å². The molecule has 1 aliphatic heterocycles. The molecular weight excluding hydrogens is 208 g/mol. The van der Waals surface area contributed by atoms with Crippen LogP contribution in [-0.2, 0) is 6.54 Å². The van der Waals surface area contributed by atoms with Crippen molar-refractivity contribution in [2.75, 3.05) is 13.1 Å². The van der Waals surface area contributed by atoms with Gasteiger partial charge >= 0.3 is 0 Å². The predicted octanol–water partition coefficient (Wildman–Crippen LogP) is 2.55. The van der Waals surface area contributed by atoms with Crippen molar-refractivity contribution in [1.82, 2.24) is 4.90 Å². The van der Waals surface area contributed by atoms with Gasteiger partial charge in [0.1, 0.15) is 0 Å². The molecule has 0 bridgehead atoms. The van der Waals surface area contributed by atoms with Crippen molar-refractivity contribution in [3.63, 3.8) is 0 Å². The first-order chi connectivity index (χ1) is 8.15. The summed E-state index contributed by atoms with van der Waals surface area (Å²) >= 11 is 0. The highest BCUT2D eigenvalue weighted by atomic mass is 15.1. The molecule has 2 N–H and O–H groups in total. The van der Waals surface area contributed by atoms with Crippen LogP contribution < -0.4 is 5.73 Å². The van der Waals surface area contributed by atoms with Gasteiger partial charge in [0.15, 0.2) is 0 Å². The molecule has 94 valence electrons. The number of nitrogens with two attached hydrogens (primary N) is 1. The molecule has 0 spiro atoms. The summed E-state index contributed by atoms with van der Waals surface area (Å²) in [7, 11) is 0. The van der Waals surface area contributed by atoms with Gasteiger partial charge in [-0.15, -0.1) is 0 Å². The number of benzene rings is 1. The third-order valence-corrected chi connectivity index (χ3v) is 3.90. The maximum Gasteiger partial charge on any atom is 0.0233 e. The molecule has 1 aromatic rings. The molecule has 0 aromatic heterocycles. The molecule has 1 unspecified atom stereocenters. The number of likely N-dealkylation sites (tertiary alicyclic amines) is 1. The minimum atomic E-state index is 0.358. The van der Waals surface area contributed by atoms with E-state index in [9.17, 15) is 0 Å². The standard InChI is InChI=1S/C15H24N2/c1-12-3-5-14(6-4-12)11-17-9-7-15(8-10-17)13(2)16/h3-6,13,15H,7-11,16H2,1-2H3. The third-order valence-electron chi connectivity index (χ3n) is 3.90. The second-order valence-corrected chi connectivity index (χ2v) is 5.46. The van der Waals surface area contributed by atoms with Gasteiger partial charge in [-0.2, -0.15) is 0 Å². The third kappa shape index (κ3) is 3.55. The number of hydrogen-bond acceptors (Lipinski definition) is 2. The predicted molar refractivity (Wildman–Crippen MR) is 72.8 cm³/mol. The van der Waals surface area contributed by atoms with Crippen LogP contribution in [0.1, 0.15) is 30.9 Å². The molecule has 1 aromatic carbocycles. The van der Waals surface area contributed by atoms with Crippen LogP contribution in [0.5, 0.6) is 0 Å². The van der Waals surface area contributed by atoms with Crippen molar-refractivity contribution in [2.45, 2.75) is 39.3 Å². The number of rotatable bonds is 3. The molecule has 1 atom stereocenters. The van der Waals surface area contributed by atoms with Gasteiger partial charge in [0.05, 0.1) is 0 Å². The van der Waals surface area contributed by atoms with Crippen molar-refractivity contribution in [3.05, 3.63) is 35.4 Å². The van der Waals surface area contributed by atoms with Crippen LogP contribution in [0.2, 0.25) is 0 Å². The Morgan fingerprint density at radius 3 is 2.35 bits per heavy atom. The molecule has 0 amide bonds. The van der Waals surface area contributed by atoms with Crippen molar-refractivity contribution in [1.29, 1.82) is 0 Å². The Labute approximate surface area is 105 Å². The van der Waals surface area contributed by atoms with Crippen molar-refractivity contribution < 1.29 is 0 Å². The molecule has 1 heterocycles. The first kappa shape index (κ1) is 12.6. The summed E-state index contributed by atoms with van der Waals surface area (Å²) in [5.74, 6) is 0.726. The first-order valence-corrected chi connectivity index (χ1v) is 6.68. The van der Waals surface area contributed by atoms with E-state index in [0.29, 0.717) is 6.04 Å². The maximum atomic E-state index is 5.96. The van der Waals surface area contributed by atoms with E-state index < -0.39 is 0 Å². The Bertz CT molecular complexity index is 334. The summed E-state index contributed by atoms with van der Waals surface area (Å²) in [6.45, 7) is 7.75. The van der Waals surface area contributed by atoms with Crippen LogP contribution in [0, 0.1) is 12.8 Å². The smallest absolute Gasteiger partial charge is 0.0233 e. The van der Waals surface area contributed by atoms with Gasteiger partial charge in [0.25, 0.3) is 0 Å². The number of nitrogens with zero attached hydrogens (tertiary/aromatic N) is 1. The van der Waals surface area contributed by atoms with Gasteiger partial charge in [-0.25, -0.2) is 0 Å². The zero-order valence-corrected chi connectivity index (χ0v) is 11.0. The SMILES string of the molecule is Cc1ccc(CN2CCC(C(C)N)CC2)cc1. The van der Waals surface area contributed by atoms with Gasteiger partial charge in [-0.1, -0.05) is 29.8 Å². The second-order valence-electron chi connectivity index (χ2n) is 5.46. The molecule has 1 saturated heterocycles. The quantitative estimate of drug-likeness (QED) is 0.868. The summed E-state index contributed by atoms with van der Waals surface area (Å²) in [5.41, 5.74) is 8.73.